The first-order chi connectivity index (χ1) is 8.72. The Kier molecular flexibility index (Phi) is 7.69. The van der Waals surface area contributed by atoms with Gasteiger partial charge in [0.2, 0.25) is 0 Å². The smallest absolute Gasteiger partial charge is 0.327 e. The van der Waals surface area contributed by atoms with Crippen molar-refractivity contribution in [3.63, 3.8) is 0 Å². The number of rotatable bonds is 8. The van der Waals surface area contributed by atoms with E-state index in [4.69, 9.17) is 14.6 Å². The normalized spacial score (nSPS) is 22.2. The van der Waals surface area contributed by atoms with Gasteiger partial charge in [0.1, 0.15) is 0 Å². The van der Waals surface area contributed by atoms with Gasteiger partial charge in [0, 0.05) is 12.7 Å². The van der Waals surface area contributed by atoms with Crippen LogP contribution < -0.4 is 0 Å². The Labute approximate surface area is 109 Å². The summed E-state index contributed by atoms with van der Waals surface area (Å²) < 4.78 is 11.5. The molecule has 1 heterocycles. The van der Waals surface area contributed by atoms with E-state index >= 15 is 0 Å². The number of aliphatic carboxylic acids is 1. The molecule has 0 aromatic rings. The standard InChI is InChI=1S/C14H24O4/c1-2-7-12(8-3-4-9-13(15)16)18-14-10-5-6-11-17-14/h4,9,12,14H,2-3,5-8,10-11H2,1H3,(H,15,16)/b9-4-. The molecular weight excluding hydrogens is 232 g/mol. The van der Waals surface area contributed by atoms with Crippen LogP contribution in [0.15, 0.2) is 12.2 Å². The summed E-state index contributed by atoms with van der Waals surface area (Å²) in [6, 6.07) is 0. The third-order valence-electron chi connectivity index (χ3n) is 3.01. The molecule has 4 nitrogen and oxygen atoms in total. The van der Waals surface area contributed by atoms with E-state index in [9.17, 15) is 4.79 Å². The molecule has 1 aliphatic heterocycles. The van der Waals surface area contributed by atoms with E-state index in [0.29, 0.717) is 0 Å². The van der Waals surface area contributed by atoms with E-state index < -0.39 is 5.97 Å². The van der Waals surface area contributed by atoms with Crippen molar-refractivity contribution in [1.29, 1.82) is 0 Å². The van der Waals surface area contributed by atoms with E-state index in [1.54, 1.807) is 6.08 Å². The predicted octanol–water partition coefficient (Wildman–Crippen LogP) is 3.12. The molecule has 18 heavy (non-hydrogen) atoms. The Bertz CT molecular complexity index is 257. The van der Waals surface area contributed by atoms with Gasteiger partial charge in [0.15, 0.2) is 6.29 Å². The maximum Gasteiger partial charge on any atom is 0.327 e. The number of hydrogen-bond acceptors (Lipinski definition) is 3. The average molecular weight is 256 g/mol. The topological polar surface area (TPSA) is 55.8 Å². The van der Waals surface area contributed by atoms with Gasteiger partial charge in [-0.05, 0) is 38.5 Å². The zero-order valence-electron chi connectivity index (χ0n) is 11.1. The Hall–Kier alpha value is -0.870. The van der Waals surface area contributed by atoms with Gasteiger partial charge >= 0.3 is 5.97 Å². The van der Waals surface area contributed by atoms with Crippen LogP contribution in [0.1, 0.15) is 51.9 Å². The second-order valence-corrected chi connectivity index (χ2v) is 4.66. The number of ether oxygens (including phenoxy) is 2. The first-order valence-electron chi connectivity index (χ1n) is 6.89. The highest BCUT2D eigenvalue weighted by atomic mass is 16.7. The molecule has 0 aromatic heterocycles. The van der Waals surface area contributed by atoms with Crippen molar-refractivity contribution in [1.82, 2.24) is 0 Å². The van der Waals surface area contributed by atoms with Crippen molar-refractivity contribution in [2.24, 2.45) is 0 Å². The van der Waals surface area contributed by atoms with E-state index in [1.807, 2.05) is 0 Å². The van der Waals surface area contributed by atoms with Crippen molar-refractivity contribution in [2.75, 3.05) is 6.61 Å². The van der Waals surface area contributed by atoms with Gasteiger partial charge in [-0.1, -0.05) is 19.4 Å². The molecular formula is C14H24O4. The molecule has 104 valence electrons. The molecule has 1 N–H and O–H groups in total. The van der Waals surface area contributed by atoms with Gasteiger partial charge in [0.05, 0.1) is 6.10 Å². The van der Waals surface area contributed by atoms with Crippen LogP contribution in [-0.2, 0) is 14.3 Å². The van der Waals surface area contributed by atoms with Crippen molar-refractivity contribution >= 4 is 5.97 Å². The lowest BCUT2D eigenvalue weighted by Gasteiger charge is -2.27. The first-order valence-corrected chi connectivity index (χ1v) is 6.89. The van der Waals surface area contributed by atoms with Gasteiger partial charge in [-0.25, -0.2) is 4.79 Å². The van der Waals surface area contributed by atoms with E-state index in [-0.39, 0.29) is 12.4 Å². The zero-order chi connectivity index (χ0) is 13.2. The molecule has 2 atom stereocenters. The highest BCUT2D eigenvalue weighted by Gasteiger charge is 2.18. The Morgan fingerprint density at radius 3 is 2.94 bits per heavy atom. The number of carboxylic acid groups (broad SMARTS) is 1. The van der Waals surface area contributed by atoms with Crippen LogP contribution in [0.25, 0.3) is 0 Å². The molecule has 0 spiro atoms. The quantitative estimate of drug-likeness (QED) is 0.678. The summed E-state index contributed by atoms with van der Waals surface area (Å²) in [5, 5.41) is 8.51. The minimum Gasteiger partial charge on any atom is -0.478 e. The summed E-state index contributed by atoms with van der Waals surface area (Å²) in [6.45, 7) is 2.92. The molecule has 1 saturated heterocycles. The summed E-state index contributed by atoms with van der Waals surface area (Å²) in [6.07, 6.45) is 9.95. The van der Waals surface area contributed by atoms with Crippen LogP contribution in [-0.4, -0.2) is 30.1 Å². The predicted molar refractivity (Wildman–Crippen MR) is 69.4 cm³/mol. The van der Waals surface area contributed by atoms with Gasteiger partial charge in [-0.2, -0.15) is 0 Å². The van der Waals surface area contributed by atoms with Crippen LogP contribution in [0, 0.1) is 0 Å². The maximum absolute atomic E-state index is 10.3. The van der Waals surface area contributed by atoms with Crippen LogP contribution in [0.5, 0.6) is 0 Å². The molecule has 4 heteroatoms. The number of carboxylic acids is 1. The molecule has 0 aromatic carbocycles. The van der Waals surface area contributed by atoms with Crippen molar-refractivity contribution in [3.8, 4) is 0 Å². The Morgan fingerprint density at radius 1 is 1.50 bits per heavy atom. The largest absolute Gasteiger partial charge is 0.478 e. The van der Waals surface area contributed by atoms with E-state index in [0.717, 1.165) is 45.1 Å². The van der Waals surface area contributed by atoms with Crippen molar-refractivity contribution in [3.05, 3.63) is 12.2 Å². The molecule has 0 amide bonds. The van der Waals surface area contributed by atoms with Gasteiger partial charge in [0.25, 0.3) is 0 Å². The monoisotopic (exact) mass is 256 g/mol. The molecule has 0 saturated carbocycles. The average Bonchev–Trinajstić information content (AvgIpc) is 2.36. The fourth-order valence-corrected chi connectivity index (χ4v) is 2.10. The second kappa shape index (κ2) is 9.11. The molecule has 2 unspecified atom stereocenters. The highest BCUT2D eigenvalue weighted by Crippen LogP contribution is 2.19. The highest BCUT2D eigenvalue weighted by molar-refractivity contribution is 5.79. The van der Waals surface area contributed by atoms with Crippen LogP contribution >= 0.6 is 0 Å². The minimum absolute atomic E-state index is 0.0567. The molecule has 0 bridgehead atoms. The summed E-state index contributed by atoms with van der Waals surface area (Å²) in [7, 11) is 0. The Morgan fingerprint density at radius 2 is 2.33 bits per heavy atom. The lowest BCUT2D eigenvalue weighted by molar-refractivity contribution is -0.190. The molecule has 1 fully saturated rings. The summed E-state index contributed by atoms with van der Waals surface area (Å²) in [5.41, 5.74) is 0. The third kappa shape index (κ3) is 6.77. The molecule has 1 aliphatic rings. The van der Waals surface area contributed by atoms with Crippen LogP contribution in [0.4, 0.5) is 0 Å². The number of hydrogen-bond donors (Lipinski definition) is 1. The maximum atomic E-state index is 10.3. The SMILES string of the molecule is CCCC(CC/C=C\C(=O)O)OC1CCCCO1. The number of carbonyl (C=O) groups is 1. The van der Waals surface area contributed by atoms with E-state index in [1.165, 1.54) is 12.5 Å². The van der Waals surface area contributed by atoms with Gasteiger partial charge in [-0.15, -0.1) is 0 Å². The lowest BCUT2D eigenvalue weighted by atomic mass is 10.1. The van der Waals surface area contributed by atoms with Gasteiger partial charge < -0.3 is 14.6 Å². The summed E-state index contributed by atoms with van der Waals surface area (Å²) in [5.74, 6) is -0.890. The second-order valence-electron chi connectivity index (χ2n) is 4.66. The number of allylic oxidation sites excluding steroid dienone is 1. The lowest BCUT2D eigenvalue weighted by Crippen LogP contribution is -2.27. The zero-order valence-corrected chi connectivity index (χ0v) is 11.1. The first kappa shape index (κ1) is 15.2. The summed E-state index contributed by atoms with van der Waals surface area (Å²) >= 11 is 0. The fourth-order valence-electron chi connectivity index (χ4n) is 2.10. The molecule has 0 radical (unpaired) electrons. The molecule has 0 aliphatic carbocycles. The fraction of sp³-hybridized carbons (Fsp3) is 0.786. The third-order valence-corrected chi connectivity index (χ3v) is 3.01. The van der Waals surface area contributed by atoms with Gasteiger partial charge in [-0.3, -0.25) is 0 Å². The molecule has 1 rings (SSSR count). The van der Waals surface area contributed by atoms with E-state index in [2.05, 4.69) is 6.92 Å². The summed E-state index contributed by atoms with van der Waals surface area (Å²) in [4.78, 5) is 10.3. The Balaban J connectivity index is 2.26. The van der Waals surface area contributed by atoms with Crippen LogP contribution in [0.3, 0.4) is 0 Å². The van der Waals surface area contributed by atoms with Crippen molar-refractivity contribution in [2.45, 2.75) is 64.3 Å². The van der Waals surface area contributed by atoms with Crippen molar-refractivity contribution < 1.29 is 19.4 Å². The minimum atomic E-state index is -0.890. The van der Waals surface area contributed by atoms with Crippen LogP contribution in [0.2, 0.25) is 0 Å².